The van der Waals surface area contributed by atoms with E-state index in [9.17, 15) is 52.0 Å². The molecule has 2 rings (SSSR count). The van der Waals surface area contributed by atoms with Gasteiger partial charge in [-0.2, -0.15) is 43.2 Å². The highest BCUT2D eigenvalue weighted by Gasteiger charge is 2.34. The molecule has 0 atom stereocenters. The summed E-state index contributed by atoms with van der Waals surface area (Å²) in [7, 11) is -10.4. The van der Waals surface area contributed by atoms with Crippen molar-refractivity contribution < 1.29 is 60.3 Å². The Kier molecular flexibility index (Phi) is 7.52. The number of halogens is 8. The van der Waals surface area contributed by atoms with Gasteiger partial charge in [-0.25, -0.2) is 8.78 Å². The third kappa shape index (κ3) is 7.18. The Morgan fingerprint density at radius 2 is 0.970 bits per heavy atom. The maximum Gasteiger partial charge on any atom is 0.416 e. The molecule has 33 heavy (non-hydrogen) atoms. The molecule has 0 aliphatic rings. The van der Waals surface area contributed by atoms with Crippen molar-refractivity contribution in [3.63, 3.8) is 0 Å². The van der Waals surface area contributed by atoms with Crippen molar-refractivity contribution in [3.8, 4) is 11.5 Å². The zero-order valence-electron chi connectivity index (χ0n) is 15.9. The quantitative estimate of drug-likeness (QED) is 0.364. The summed E-state index contributed by atoms with van der Waals surface area (Å²) in [5.74, 6) is -1.86. The maximum atomic E-state index is 13.1. The molecule has 0 saturated heterocycles. The van der Waals surface area contributed by atoms with Crippen LogP contribution < -0.4 is 8.37 Å². The molecular formula is C17H12F8O6S2. The van der Waals surface area contributed by atoms with E-state index < -0.39 is 84.8 Å². The highest BCUT2D eigenvalue weighted by atomic mass is 32.3. The van der Waals surface area contributed by atoms with Gasteiger partial charge in [0.25, 0.3) is 0 Å². The van der Waals surface area contributed by atoms with Crippen molar-refractivity contribution in [1.29, 1.82) is 0 Å². The Morgan fingerprint density at radius 1 is 0.636 bits per heavy atom. The van der Waals surface area contributed by atoms with Crippen LogP contribution >= 0.6 is 0 Å². The van der Waals surface area contributed by atoms with E-state index in [4.69, 9.17) is 0 Å². The fourth-order valence-corrected chi connectivity index (χ4v) is 5.05. The predicted octanol–water partition coefficient (Wildman–Crippen LogP) is 4.74. The first kappa shape index (κ1) is 26.6. The first-order valence-electron chi connectivity index (χ1n) is 8.34. The Labute approximate surface area is 182 Å². The van der Waals surface area contributed by atoms with Gasteiger partial charge in [-0.05, 0) is 36.4 Å². The van der Waals surface area contributed by atoms with Gasteiger partial charge in [0, 0.05) is 11.1 Å². The summed E-state index contributed by atoms with van der Waals surface area (Å²) in [6.07, 6.45) is -9.76. The van der Waals surface area contributed by atoms with Crippen LogP contribution in [-0.4, -0.2) is 21.9 Å². The minimum absolute atomic E-state index is 0.256. The highest BCUT2D eigenvalue weighted by Crippen LogP contribution is 2.35. The van der Waals surface area contributed by atoms with Gasteiger partial charge in [0.2, 0.25) is 5.08 Å². The number of alkyl halides is 8. The Morgan fingerprint density at radius 3 is 1.24 bits per heavy atom. The largest absolute Gasteiger partial charge is 0.416 e. The molecule has 0 aliphatic carbocycles. The normalized spacial score (nSPS) is 13.1. The van der Waals surface area contributed by atoms with Gasteiger partial charge in [-0.1, -0.05) is 0 Å². The molecule has 0 N–H and O–H groups in total. The molecule has 0 bridgehead atoms. The zero-order chi connectivity index (χ0) is 25.2. The van der Waals surface area contributed by atoms with E-state index >= 15 is 0 Å². The Balaban J connectivity index is 2.26. The average molecular weight is 528 g/mol. The second-order valence-electron chi connectivity index (χ2n) is 6.31. The van der Waals surface area contributed by atoms with E-state index in [0.29, 0.717) is 24.3 Å². The Bertz CT molecular complexity index is 1130. The molecule has 184 valence electrons. The van der Waals surface area contributed by atoms with E-state index in [1.165, 1.54) is 0 Å². The van der Waals surface area contributed by atoms with Crippen LogP contribution in [0, 0.1) is 0 Å². The molecule has 0 radical (unpaired) electrons. The van der Waals surface area contributed by atoms with Crippen molar-refractivity contribution in [2.75, 3.05) is 5.08 Å². The van der Waals surface area contributed by atoms with Crippen LogP contribution in [0.4, 0.5) is 35.1 Å². The summed E-state index contributed by atoms with van der Waals surface area (Å²) in [4.78, 5) is 0. The van der Waals surface area contributed by atoms with Crippen LogP contribution in [0.15, 0.2) is 36.4 Å². The van der Waals surface area contributed by atoms with Crippen LogP contribution in [0.1, 0.15) is 22.3 Å². The lowest BCUT2D eigenvalue weighted by molar-refractivity contribution is -0.138. The number of hydrogen-bond donors (Lipinski definition) is 0. The number of rotatable bonds is 8. The van der Waals surface area contributed by atoms with E-state index in [1.54, 1.807) is 0 Å². The summed E-state index contributed by atoms with van der Waals surface area (Å²) < 4.78 is 159. The van der Waals surface area contributed by atoms with E-state index in [1.807, 2.05) is 0 Å². The number of hydrogen-bond acceptors (Lipinski definition) is 6. The molecule has 2 aromatic rings. The van der Waals surface area contributed by atoms with Gasteiger partial charge in [-0.15, -0.1) is 0 Å². The third-order valence-electron chi connectivity index (χ3n) is 3.79. The second kappa shape index (κ2) is 9.32. The molecule has 16 heteroatoms. The van der Waals surface area contributed by atoms with E-state index in [-0.39, 0.29) is 12.1 Å². The molecule has 0 aliphatic heterocycles. The molecule has 0 aromatic heterocycles. The standard InChI is InChI=1S/C17H12F8O6S2/c18-7-10-5-12(16(20,21)22)1-3-14(10)30-32(26,27)9-33(28,29)31-15-4-2-13(17(23,24)25)6-11(15)8-19/h1-6H,7-9H2. The summed E-state index contributed by atoms with van der Waals surface area (Å²) in [5, 5.41) is -1.97. The lowest BCUT2D eigenvalue weighted by Gasteiger charge is -2.14. The lowest BCUT2D eigenvalue weighted by Crippen LogP contribution is -2.25. The lowest BCUT2D eigenvalue weighted by atomic mass is 10.1. The smallest absolute Gasteiger partial charge is 0.381 e. The second-order valence-corrected chi connectivity index (χ2v) is 9.81. The molecular weight excluding hydrogens is 516 g/mol. The SMILES string of the molecule is O=S(=O)(CS(=O)(=O)Oc1ccc(C(F)(F)F)cc1CF)Oc1ccc(C(F)(F)F)cc1CF. The van der Waals surface area contributed by atoms with Crippen LogP contribution in [-0.2, 0) is 45.9 Å². The fraction of sp³-hybridized carbons (Fsp3) is 0.294. The molecule has 0 fully saturated rings. The first-order chi connectivity index (χ1) is 15.0. The van der Waals surface area contributed by atoms with Gasteiger partial charge in [-0.3, -0.25) is 0 Å². The summed E-state index contributed by atoms with van der Waals surface area (Å²) in [6.45, 7) is -3.19. The van der Waals surface area contributed by atoms with E-state index in [0.717, 1.165) is 0 Å². The van der Waals surface area contributed by atoms with Gasteiger partial charge in [0.1, 0.15) is 24.8 Å². The molecule has 0 saturated carbocycles. The summed E-state index contributed by atoms with van der Waals surface area (Å²) >= 11 is 0. The third-order valence-corrected chi connectivity index (χ3v) is 6.96. The molecule has 6 nitrogen and oxygen atoms in total. The van der Waals surface area contributed by atoms with Crippen molar-refractivity contribution in [1.82, 2.24) is 0 Å². The number of benzene rings is 2. The average Bonchev–Trinajstić information content (AvgIpc) is 2.65. The van der Waals surface area contributed by atoms with Crippen molar-refractivity contribution in [2.45, 2.75) is 25.7 Å². The molecule has 0 amide bonds. The van der Waals surface area contributed by atoms with Crippen LogP contribution in [0.5, 0.6) is 11.5 Å². The Hall–Kier alpha value is -2.62. The molecule has 2 aromatic carbocycles. The molecule has 0 spiro atoms. The predicted molar refractivity (Wildman–Crippen MR) is 96.5 cm³/mol. The summed E-state index contributed by atoms with van der Waals surface area (Å²) in [6, 6.07) is 2.16. The summed E-state index contributed by atoms with van der Waals surface area (Å²) in [5.41, 5.74) is -4.35. The van der Waals surface area contributed by atoms with Crippen LogP contribution in [0.25, 0.3) is 0 Å². The van der Waals surface area contributed by atoms with Crippen molar-refractivity contribution in [3.05, 3.63) is 58.7 Å². The van der Waals surface area contributed by atoms with Gasteiger partial charge in [0.05, 0.1) is 11.1 Å². The minimum atomic E-state index is -5.18. The maximum absolute atomic E-state index is 13.1. The minimum Gasteiger partial charge on any atom is -0.381 e. The van der Waals surface area contributed by atoms with Crippen LogP contribution in [0.2, 0.25) is 0 Å². The first-order valence-corrected chi connectivity index (χ1v) is 11.5. The monoisotopic (exact) mass is 528 g/mol. The van der Waals surface area contributed by atoms with Gasteiger partial charge in [0.15, 0.2) is 0 Å². The molecule has 0 heterocycles. The molecule has 0 unspecified atom stereocenters. The van der Waals surface area contributed by atoms with Crippen molar-refractivity contribution in [2.24, 2.45) is 0 Å². The van der Waals surface area contributed by atoms with Crippen LogP contribution in [0.3, 0.4) is 0 Å². The van der Waals surface area contributed by atoms with E-state index in [2.05, 4.69) is 8.37 Å². The fourth-order valence-electron chi connectivity index (χ4n) is 2.38. The highest BCUT2D eigenvalue weighted by molar-refractivity contribution is 8.04. The zero-order valence-corrected chi connectivity index (χ0v) is 17.5. The van der Waals surface area contributed by atoms with Crippen molar-refractivity contribution >= 4 is 20.2 Å². The van der Waals surface area contributed by atoms with Gasteiger partial charge < -0.3 is 8.37 Å². The van der Waals surface area contributed by atoms with Gasteiger partial charge >= 0.3 is 32.6 Å². The topological polar surface area (TPSA) is 86.7 Å².